The van der Waals surface area contributed by atoms with Crippen LogP contribution in [0, 0.1) is 0 Å². The molecular weight excluding hydrogens is 282 g/mol. The van der Waals surface area contributed by atoms with Gasteiger partial charge in [-0.15, -0.1) is 11.3 Å². The molecule has 0 unspecified atom stereocenters. The summed E-state index contributed by atoms with van der Waals surface area (Å²) < 4.78 is 7.28. The first kappa shape index (κ1) is 14.3. The number of thiazole rings is 1. The number of hydrogen-bond donors (Lipinski definition) is 1. The summed E-state index contributed by atoms with van der Waals surface area (Å²) in [6.45, 7) is 3.33. The molecule has 4 nitrogen and oxygen atoms in total. The number of benzene rings is 1. The summed E-state index contributed by atoms with van der Waals surface area (Å²) in [5.74, 6) is 0. The van der Waals surface area contributed by atoms with E-state index in [0.717, 1.165) is 31.2 Å². The van der Waals surface area contributed by atoms with Crippen LogP contribution >= 0.6 is 11.3 Å². The lowest BCUT2D eigenvalue weighted by atomic mass is 10.1. The standard InChI is InChI=1S/C16H19N3OS/c1-20-8-5-17-11-13-2-3-15-14(10-13)4-7-19(15)12-16-18-6-9-21-16/h2-4,6-7,9-10,17H,5,8,11-12H2,1H3. The Bertz CT molecular complexity index is 691. The Balaban J connectivity index is 1.71. The van der Waals surface area contributed by atoms with Gasteiger partial charge in [-0.2, -0.15) is 0 Å². The molecule has 21 heavy (non-hydrogen) atoms. The molecule has 0 aliphatic rings. The van der Waals surface area contributed by atoms with Crippen molar-refractivity contribution in [1.82, 2.24) is 14.9 Å². The van der Waals surface area contributed by atoms with Crippen molar-refractivity contribution >= 4 is 22.2 Å². The molecule has 2 aromatic heterocycles. The fourth-order valence-electron chi connectivity index (χ4n) is 2.38. The number of ether oxygens (including phenoxy) is 1. The Morgan fingerprint density at radius 1 is 1.33 bits per heavy atom. The Kier molecular flexibility index (Phi) is 4.65. The maximum absolute atomic E-state index is 5.03. The SMILES string of the molecule is COCCNCc1ccc2c(ccn2Cc2nccs2)c1. The molecule has 0 spiro atoms. The van der Waals surface area contributed by atoms with Crippen molar-refractivity contribution in [3.05, 3.63) is 52.6 Å². The quantitative estimate of drug-likeness (QED) is 0.682. The number of methoxy groups -OCH3 is 1. The third kappa shape index (κ3) is 3.50. The van der Waals surface area contributed by atoms with Crippen LogP contribution in [0.1, 0.15) is 10.6 Å². The van der Waals surface area contributed by atoms with Crippen LogP contribution in [0.5, 0.6) is 0 Å². The van der Waals surface area contributed by atoms with Crippen molar-refractivity contribution in [2.45, 2.75) is 13.1 Å². The van der Waals surface area contributed by atoms with Gasteiger partial charge in [0.05, 0.1) is 13.2 Å². The molecule has 0 aliphatic carbocycles. The molecule has 2 heterocycles. The first-order valence-electron chi connectivity index (χ1n) is 7.02. The molecule has 110 valence electrons. The lowest BCUT2D eigenvalue weighted by molar-refractivity contribution is 0.199. The molecule has 3 rings (SSSR count). The molecule has 0 saturated carbocycles. The second kappa shape index (κ2) is 6.85. The average molecular weight is 301 g/mol. The zero-order chi connectivity index (χ0) is 14.5. The van der Waals surface area contributed by atoms with E-state index < -0.39 is 0 Å². The van der Waals surface area contributed by atoms with E-state index >= 15 is 0 Å². The van der Waals surface area contributed by atoms with Crippen LogP contribution in [0.3, 0.4) is 0 Å². The number of nitrogens with one attached hydrogen (secondary N) is 1. The predicted molar refractivity (Wildman–Crippen MR) is 86.7 cm³/mol. The second-order valence-electron chi connectivity index (χ2n) is 4.93. The number of rotatable bonds is 7. The minimum atomic E-state index is 0.742. The third-order valence-electron chi connectivity index (χ3n) is 3.44. The summed E-state index contributed by atoms with van der Waals surface area (Å²) in [4.78, 5) is 4.35. The van der Waals surface area contributed by atoms with Crippen LogP contribution in [-0.2, 0) is 17.8 Å². The van der Waals surface area contributed by atoms with E-state index in [9.17, 15) is 0 Å². The van der Waals surface area contributed by atoms with Gasteiger partial charge in [0.15, 0.2) is 0 Å². The second-order valence-corrected chi connectivity index (χ2v) is 5.91. The van der Waals surface area contributed by atoms with Gasteiger partial charge < -0.3 is 14.6 Å². The van der Waals surface area contributed by atoms with Gasteiger partial charge in [-0.3, -0.25) is 0 Å². The van der Waals surface area contributed by atoms with Gasteiger partial charge in [0.25, 0.3) is 0 Å². The Labute approximate surface area is 128 Å². The number of hydrogen-bond acceptors (Lipinski definition) is 4. The summed E-state index contributed by atoms with van der Waals surface area (Å²) in [6, 6.07) is 8.78. The summed E-state index contributed by atoms with van der Waals surface area (Å²) in [5.41, 5.74) is 2.55. The first-order valence-corrected chi connectivity index (χ1v) is 7.90. The average Bonchev–Trinajstić information content (AvgIpc) is 3.14. The zero-order valence-corrected chi connectivity index (χ0v) is 12.9. The monoisotopic (exact) mass is 301 g/mol. The molecule has 0 bridgehead atoms. The first-order chi connectivity index (χ1) is 10.4. The highest BCUT2D eigenvalue weighted by Crippen LogP contribution is 2.19. The van der Waals surface area contributed by atoms with E-state index in [-0.39, 0.29) is 0 Å². The van der Waals surface area contributed by atoms with Crippen LogP contribution in [0.15, 0.2) is 42.0 Å². The van der Waals surface area contributed by atoms with Crippen molar-refractivity contribution in [2.75, 3.05) is 20.3 Å². The molecule has 0 fully saturated rings. The minimum absolute atomic E-state index is 0.742. The Morgan fingerprint density at radius 2 is 2.29 bits per heavy atom. The van der Waals surface area contributed by atoms with Gasteiger partial charge >= 0.3 is 0 Å². The summed E-state index contributed by atoms with van der Waals surface area (Å²) in [7, 11) is 1.72. The molecule has 1 N–H and O–H groups in total. The number of fused-ring (bicyclic) bond motifs is 1. The minimum Gasteiger partial charge on any atom is -0.383 e. The summed E-state index contributed by atoms with van der Waals surface area (Å²) in [5, 5.41) is 7.80. The Morgan fingerprint density at radius 3 is 3.10 bits per heavy atom. The van der Waals surface area contributed by atoms with Gasteiger partial charge in [0.2, 0.25) is 0 Å². The number of aromatic nitrogens is 2. The van der Waals surface area contributed by atoms with Gasteiger partial charge in [-0.25, -0.2) is 4.98 Å². The van der Waals surface area contributed by atoms with Gasteiger partial charge in [0.1, 0.15) is 5.01 Å². The van der Waals surface area contributed by atoms with Crippen LogP contribution in [-0.4, -0.2) is 29.8 Å². The molecule has 3 aromatic rings. The molecule has 1 aromatic carbocycles. The molecule has 0 atom stereocenters. The summed E-state index contributed by atoms with van der Waals surface area (Å²) in [6.07, 6.45) is 3.99. The normalized spacial score (nSPS) is 11.3. The molecule has 5 heteroatoms. The topological polar surface area (TPSA) is 39.1 Å². The van der Waals surface area contributed by atoms with Crippen molar-refractivity contribution in [1.29, 1.82) is 0 Å². The van der Waals surface area contributed by atoms with Gasteiger partial charge in [0, 0.05) is 43.5 Å². The smallest absolute Gasteiger partial charge is 0.112 e. The van der Waals surface area contributed by atoms with Gasteiger partial charge in [-0.1, -0.05) is 6.07 Å². The molecule has 0 saturated heterocycles. The van der Waals surface area contributed by atoms with E-state index in [0.29, 0.717) is 0 Å². The van der Waals surface area contributed by atoms with Crippen molar-refractivity contribution in [2.24, 2.45) is 0 Å². The van der Waals surface area contributed by atoms with Gasteiger partial charge in [-0.05, 0) is 29.1 Å². The molecule has 0 amide bonds. The molecule has 0 aliphatic heterocycles. The maximum atomic E-state index is 5.03. The maximum Gasteiger partial charge on any atom is 0.112 e. The summed E-state index contributed by atoms with van der Waals surface area (Å²) >= 11 is 1.69. The Hall–Kier alpha value is -1.69. The van der Waals surface area contributed by atoms with Crippen molar-refractivity contribution in [3.63, 3.8) is 0 Å². The highest BCUT2D eigenvalue weighted by molar-refractivity contribution is 7.09. The van der Waals surface area contributed by atoms with Crippen molar-refractivity contribution in [3.8, 4) is 0 Å². The van der Waals surface area contributed by atoms with Crippen LogP contribution in [0.4, 0.5) is 0 Å². The lowest BCUT2D eigenvalue weighted by Crippen LogP contribution is -2.18. The highest BCUT2D eigenvalue weighted by Gasteiger charge is 2.04. The largest absolute Gasteiger partial charge is 0.383 e. The molecule has 0 radical (unpaired) electrons. The lowest BCUT2D eigenvalue weighted by Gasteiger charge is -2.06. The number of nitrogens with zero attached hydrogens (tertiary/aromatic N) is 2. The van der Waals surface area contributed by atoms with E-state index in [1.165, 1.54) is 16.5 Å². The third-order valence-corrected chi connectivity index (χ3v) is 4.20. The van der Waals surface area contributed by atoms with E-state index in [1.807, 2.05) is 11.6 Å². The van der Waals surface area contributed by atoms with E-state index in [4.69, 9.17) is 4.74 Å². The van der Waals surface area contributed by atoms with Crippen LogP contribution < -0.4 is 5.32 Å². The van der Waals surface area contributed by atoms with Crippen LogP contribution in [0.2, 0.25) is 0 Å². The van der Waals surface area contributed by atoms with Crippen LogP contribution in [0.25, 0.3) is 10.9 Å². The van der Waals surface area contributed by atoms with E-state index in [2.05, 4.69) is 45.3 Å². The van der Waals surface area contributed by atoms with Crippen molar-refractivity contribution < 1.29 is 4.74 Å². The fraction of sp³-hybridized carbons (Fsp3) is 0.312. The molecular formula is C16H19N3OS. The fourth-order valence-corrected chi connectivity index (χ4v) is 3.00. The highest BCUT2D eigenvalue weighted by atomic mass is 32.1. The zero-order valence-electron chi connectivity index (χ0n) is 12.1. The predicted octanol–water partition coefficient (Wildman–Crippen LogP) is 2.88. The van der Waals surface area contributed by atoms with E-state index in [1.54, 1.807) is 18.4 Å².